The third-order valence-electron chi connectivity index (χ3n) is 3.21. The minimum atomic E-state index is -1.68. The summed E-state index contributed by atoms with van der Waals surface area (Å²) in [6.07, 6.45) is 0.860. The molecule has 21 heavy (non-hydrogen) atoms. The molecule has 0 bridgehead atoms. The van der Waals surface area contributed by atoms with Crippen molar-refractivity contribution < 1.29 is 23.9 Å². The van der Waals surface area contributed by atoms with Crippen molar-refractivity contribution in [3.8, 4) is 0 Å². The zero-order valence-electron chi connectivity index (χ0n) is 12.6. The fourth-order valence-electron chi connectivity index (χ4n) is 2.11. The van der Waals surface area contributed by atoms with Crippen molar-refractivity contribution in [1.82, 2.24) is 4.90 Å². The third-order valence-corrected chi connectivity index (χ3v) is 3.21. The molecule has 0 aromatic heterocycles. The van der Waals surface area contributed by atoms with Crippen LogP contribution in [0.4, 0.5) is 4.39 Å². The van der Waals surface area contributed by atoms with Crippen molar-refractivity contribution in [3.63, 3.8) is 0 Å². The van der Waals surface area contributed by atoms with Crippen LogP contribution in [0.3, 0.4) is 0 Å². The maximum absolute atomic E-state index is 13.2. The Labute approximate surface area is 125 Å². The first-order chi connectivity index (χ1) is 10.1. The smallest absolute Gasteiger partial charge is 0.423 e. The zero-order valence-corrected chi connectivity index (χ0v) is 12.6. The number of halogens is 1. The van der Waals surface area contributed by atoms with E-state index in [1.54, 1.807) is 20.3 Å². The van der Waals surface area contributed by atoms with E-state index in [2.05, 4.69) is 4.90 Å². The van der Waals surface area contributed by atoms with E-state index in [1.165, 1.54) is 6.07 Å². The fraction of sp³-hybridized carbons (Fsp3) is 0.571. The molecule has 1 rings (SSSR count). The second-order valence-corrected chi connectivity index (χ2v) is 4.83. The standard InChI is InChI=1S/C14H23BFNO4/c1-20-8-3-6-17(7-9-21-2)11-12-4-5-13(16)10-14(12)15(18)19/h4-5,10,18-19H,3,6-9,11H2,1-2H3. The molecule has 5 nitrogen and oxygen atoms in total. The Hall–Kier alpha value is -0.985. The lowest BCUT2D eigenvalue weighted by atomic mass is 9.77. The summed E-state index contributed by atoms with van der Waals surface area (Å²) in [4.78, 5) is 2.11. The predicted octanol–water partition coefficient (Wildman–Crippen LogP) is -0.00960. The molecule has 0 heterocycles. The van der Waals surface area contributed by atoms with E-state index < -0.39 is 12.9 Å². The molecule has 0 saturated heterocycles. The van der Waals surface area contributed by atoms with Crippen molar-refractivity contribution >= 4 is 12.6 Å². The van der Waals surface area contributed by atoms with Gasteiger partial charge in [-0.25, -0.2) is 4.39 Å². The molecule has 0 aliphatic rings. The quantitative estimate of drug-likeness (QED) is 0.470. The first kappa shape index (κ1) is 18.1. The van der Waals surface area contributed by atoms with Gasteiger partial charge in [0.2, 0.25) is 0 Å². The van der Waals surface area contributed by atoms with Gasteiger partial charge in [0.25, 0.3) is 0 Å². The van der Waals surface area contributed by atoms with Crippen molar-refractivity contribution in [2.45, 2.75) is 13.0 Å². The van der Waals surface area contributed by atoms with Gasteiger partial charge < -0.3 is 19.5 Å². The molecule has 0 atom stereocenters. The van der Waals surface area contributed by atoms with Crippen molar-refractivity contribution in [2.24, 2.45) is 0 Å². The van der Waals surface area contributed by atoms with Crippen molar-refractivity contribution in [1.29, 1.82) is 0 Å². The number of methoxy groups -OCH3 is 2. The van der Waals surface area contributed by atoms with Crippen LogP contribution in [0.5, 0.6) is 0 Å². The van der Waals surface area contributed by atoms with Crippen LogP contribution in [0.2, 0.25) is 0 Å². The topological polar surface area (TPSA) is 62.2 Å². The van der Waals surface area contributed by atoms with Crippen LogP contribution in [0.25, 0.3) is 0 Å². The van der Waals surface area contributed by atoms with Crippen LogP contribution in [0.15, 0.2) is 18.2 Å². The molecule has 0 fully saturated rings. The normalized spacial score (nSPS) is 11.1. The highest BCUT2D eigenvalue weighted by Crippen LogP contribution is 2.06. The average molecular weight is 299 g/mol. The van der Waals surface area contributed by atoms with Crippen LogP contribution in [-0.4, -0.2) is 62.6 Å². The minimum Gasteiger partial charge on any atom is -0.423 e. The molecule has 0 spiro atoms. The van der Waals surface area contributed by atoms with E-state index in [9.17, 15) is 14.4 Å². The van der Waals surface area contributed by atoms with E-state index >= 15 is 0 Å². The number of rotatable bonds is 10. The number of hydrogen-bond acceptors (Lipinski definition) is 5. The molecule has 0 aliphatic heterocycles. The summed E-state index contributed by atoms with van der Waals surface area (Å²) < 4.78 is 23.3. The number of nitrogens with zero attached hydrogens (tertiary/aromatic N) is 1. The zero-order chi connectivity index (χ0) is 15.7. The highest BCUT2D eigenvalue weighted by atomic mass is 19.1. The highest BCUT2D eigenvalue weighted by Gasteiger charge is 2.18. The number of ether oxygens (including phenoxy) is 2. The Kier molecular flexibility index (Phi) is 8.48. The van der Waals surface area contributed by atoms with Crippen LogP contribution in [0, 0.1) is 5.82 Å². The molecule has 0 unspecified atom stereocenters. The number of benzene rings is 1. The minimum absolute atomic E-state index is 0.198. The van der Waals surface area contributed by atoms with E-state index in [1.807, 2.05) is 0 Å². The van der Waals surface area contributed by atoms with E-state index in [0.29, 0.717) is 31.9 Å². The summed E-state index contributed by atoms with van der Waals surface area (Å²) in [5.41, 5.74) is 0.893. The lowest BCUT2D eigenvalue weighted by molar-refractivity contribution is 0.129. The molecule has 0 saturated carbocycles. The first-order valence-electron chi connectivity index (χ1n) is 6.93. The first-order valence-corrected chi connectivity index (χ1v) is 6.93. The Balaban J connectivity index is 2.76. The Morgan fingerprint density at radius 3 is 2.48 bits per heavy atom. The van der Waals surface area contributed by atoms with Gasteiger partial charge in [0, 0.05) is 40.5 Å². The van der Waals surface area contributed by atoms with Gasteiger partial charge in [0.15, 0.2) is 0 Å². The highest BCUT2D eigenvalue weighted by molar-refractivity contribution is 6.59. The van der Waals surface area contributed by atoms with Gasteiger partial charge in [-0.1, -0.05) is 6.07 Å². The monoisotopic (exact) mass is 299 g/mol. The maximum atomic E-state index is 13.2. The van der Waals surface area contributed by atoms with Gasteiger partial charge in [-0.3, -0.25) is 4.90 Å². The van der Waals surface area contributed by atoms with Gasteiger partial charge in [-0.15, -0.1) is 0 Å². The Morgan fingerprint density at radius 2 is 1.86 bits per heavy atom. The van der Waals surface area contributed by atoms with Gasteiger partial charge in [0.1, 0.15) is 5.82 Å². The second kappa shape index (κ2) is 9.86. The van der Waals surface area contributed by atoms with Gasteiger partial charge in [-0.05, 0) is 29.6 Å². The largest absolute Gasteiger partial charge is 0.488 e. The van der Waals surface area contributed by atoms with E-state index in [-0.39, 0.29) is 5.46 Å². The molecule has 0 radical (unpaired) electrons. The SMILES string of the molecule is COCCCN(CCOC)Cc1ccc(F)cc1B(O)O. The van der Waals surface area contributed by atoms with Crippen molar-refractivity contribution in [3.05, 3.63) is 29.6 Å². The van der Waals surface area contributed by atoms with Crippen molar-refractivity contribution in [2.75, 3.05) is 40.5 Å². The average Bonchev–Trinajstić information content (AvgIpc) is 2.46. The van der Waals surface area contributed by atoms with Gasteiger partial charge in [-0.2, -0.15) is 0 Å². The third kappa shape index (κ3) is 6.54. The lowest BCUT2D eigenvalue weighted by Crippen LogP contribution is -2.37. The molecule has 1 aromatic carbocycles. The maximum Gasteiger partial charge on any atom is 0.488 e. The van der Waals surface area contributed by atoms with Gasteiger partial charge in [0.05, 0.1) is 6.61 Å². The molecule has 7 heteroatoms. The van der Waals surface area contributed by atoms with Gasteiger partial charge >= 0.3 is 7.12 Å². The predicted molar refractivity (Wildman–Crippen MR) is 79.9 cm³/mol. The molecular weight excluding hydrogens is 276 g/mol. The van der Waals surface area contributed by atoms with Crippen LogP contribution in [-0.2, 0) is 16.0 Å². The Morgan fingerprint density at radius 1 is 1.14 bits per heavy atom. The molecule has 0 aliphatic carbocycles. The lowest BCUT2D eigenvalue weighted by Gasteiger charge is -2.23. The van der Waals surface area contributed by atoms with Crippen LogP contribution >= 0.6 is 0 Å². The number of hydrogen-bond donors (Lipinski definition) is 2. The summed E-state index contributed by atoms with van der Waals surface area (Å²) in [6, 6.07) is 4.06. The Bertz CT molecular complexity index is 420. The molecule has 0 amide bonds. The second-order valence-electron chi connectivity index (χ2n) is 4.83. The van der Waals surface area contributed by atoms with Crippen LogP contribution < -0.4 is 5.46 Å². The van der Waals surface area contributed by atoms with Crippen LogP contribution in [0.1, 0.15) is 12.0 Å². The summed E-state index contributed by atoms with van der Waals surface area (Å²) in [5, 5.41) is 18.7. The summed E-state index contributed by atoms with van der Waals surface area (Å²) >= 11 is 0. The van der Waals surface area contributed by atoms with E-state index in [0.717, 1.165) is 19.0 Å². The van der Waals surface area contributed by atoms with E-state index in [4.69, 9.17) is 9.47 Å². The summed E-state index contributed by atoms with van der Waals surface area (Å²) in [7, 11) is 1.60. The summed E-state index contributed by atoms with van der Waals surface area (Å²) in [5.74, 6) is -0.482. The molecule has 2 N–H and O–H groups in total. The molecule has 118 valence electrons. The molecule has 1 aromatic rings. The fourth-order valence-corrected chi connectivity index (χ4v) is 2.11. The molecular formula is C14H23BFNO4. The summed E-state index contributed by atoms with van der Waals surface area (Å²) in [6.45, 7) is 3.22.